The van der Waals surface area contributed by atoms with Crippen LogP contribution in [0, 0.1) is 0 Å². The van der Waals surface area contributed by atoms with Gasteiger partial charge in [0.25, 0.3) is 0 Å². The summed E-state index contributed by atoms with van der Waals surface area (Å²) in [6.07, 6.45) is 3.71. The van der Waals surface area contributed by atoms with Crippen LogP contribution in [0.15, 0.2) is 59.8 Å². The van der Waals surface area contributed by atoms with E-state index in [1.807, 2.05) is 61.5 Å². The number of ether oxygens (including phenoxy) is 1. The van der Waals surface area contributed by atoms with Crippen molar-refractivity contribution in [2.24, 2.45) is 0 Å². The molecule has 2 heterocycles. The highest BCUT2D eigenvalue weighted by Crippen LogP contribution is 2.30. The molecule has 7 nitrogen and oxygen atoms in total. The number of nitrogens with zero attached hydrogens (tertiary/aromatic N) is 4. The molecule has 2 atom stereocenters. The minimum Gasteiger partial charge on any atom is -0.497 e. The summed E-state index contributed by atoms with van der Waals surface area (Å²) in [7, 11) is 1.66. The van der Waals surface area contributed by atoms with E-state index >= 15 is 0 Å². The van der Waals surface area contributed by atoms with Crippen LogP contribution in [0.4, 0.5) is 0 Å². The van der Waals surface area contributed by atoms with Crippen molar-refractivity contribution in [3.8, 4) is 11.4 Å². The van der Waals surface area contributed by atoms with Crippen LogP contribution in [0.5, 0.6) is 5.75 Å². The van der Waals surface area contributed by atoms with Crippen molar-refractivity contribution in [1.82, 2.24) is 25.0 Å². The molecule has 0 saturated carbocycles. The lowest BCUT2D eigenvalue weighted by Gasteiger charge is -2.31. The first-order valence-electron chi connectivity index (χ1n) is 11.9. The van der Waals surface area contributed by atoms with Gasteiger partial charge in [0.1, 0.15) is 5.75 Å². The van der Waals surface area contributed by atoms with Gasteiger partial charge in [0, 0.05) is 5.69 Å². The number of carbonyl (C=O) groups excluding carboxylic acids is 1. The summed E-state index contributed by atoms with van der Waals surface area (Å²) in [5.41, 5.74) is 2.05. The molecule has 0 spiro atoms. The summed E-state index contributed by atoms with van der Waals surface area (Å²) in [6.45, 7) is 6.33. The largest absolute Gasteiger partial charge is 0.497 e. The molecule has 0 bridgehead atoms. The topological polar surface area (TPSA) is 72.3 Å². The number of hydrogen-bond acceptors (Lipinski definition) is 6. The summed E-state index contributed by atoms with van der Waals surface area (Å²) in [6, 6.07) is 18.0. The van der Waals surface area contributed by atoms with E-state index in [0.717, 1.165) is 35.9 Å². The van der Waals surface area contributed by atoms with Crippen molar-refractivity contribution >= 4 is 17.7 Å². The van der Waals surface area contributed by atoms with E-state index in [2.05, 4.69) is 31.9 Å². The number of piperidine rings is 1. The Labute approximate surface area is 205 Å². The van der Waals surface area contributed by atoms with Gasteiger partial charge in [-0.3, -0.25) is 14.3 Å². The molecule has 180 valence electrons. The summed E-state index contributed by atoms with van der Waals surface area (Å²) < 4.78 is 7.42. The van der Waals surface area contributed by atoms with Crippen LogP contribution in [0.1, 0.15) is 56.6 Å². The van der Waals surface area contributed by atoms with Gasteiger partial charge in [-0.1, -0.05) is 48.5 Å². The monoisotopic (exact) mass is 479 g/mol. The summed E-state index contributed by atoms with van der Waals surface area (Å²) in [4.78, 5) is 15.2. The third-order valence-corrected chi connectivity index (χ3v) is 7.24. The van der Waals surface area contributed by atoms with Gasteiger partial charge in [0.05, 0.1) is 24.9 Å². The maximum absolute atomic E-state index is 12.7. The number of benzene rings is 2. The van der Waals surface area contributed by atoms with Gasteiger partial charge < -0.3 is 10.1 Å². The third-order valence-electron chi connectivity index (χ3n) is 6.31. The molecule has 1 saturated heterocycles. The van der Waals surface area contributed by atoms with Crippen LogP contribution in [-0.4, -0.2) is 51.5 Å². The molecular weight excluding hydrogens is 446 g/mol. The van der Waals surface area contributed by atoms with Gasteiger partial charge in [-0.05, 0) is 69.6 Å². The summed E-state index contributed by atoms with van der Waals surface area (Å²) in [5, 5.41) is 12.9. The Bertz CT molecular complexity index is 1060. The number of aromatic nitrogens is 3. The maximum atomic E-state index is 12.7. The number of amides is 1. The van der Waals surface area contributed by atoms with Crippen LogP contribution in [-0.2, 0) is 4.79 Å². The molecule has 0 radical (unpaired) electrons. The van der Waals surface area contributed by atoms with E-state index in [0.29, 0.717) is 5.16 Å². The van der Waals surface area contributed by atoms with E-state index in [-0.39, 0.29) is 23.7 Å². The number of carbonyl (C=O) groups is 1. The Hall–Kier alpha value is -2.84. The zero-order chi connectivity index (χ0) is 23.9. The zero-order valence-corrected chi connectivity index (χ0v) is 20.9. The third kappa shape index (κ3) is 5.80. The summed E-state index contributed by atoms with van der Waals surface area (Å²) >= 11 is 1.41. The molecule has 3 aromatic rings. The lowest BCUT2D eigenvalue weighted by Crippen LogP contribution is -2.33. The fraction of sp³-hybridized carbons (Fsp3) is 0.423. The number of hydrogen-bond donors (Lipinski definition) is 1. The first-order chi connectivity index (χ1) is 16.6. The maximum Gasteiger partial charge on any atom is 0.230 e. The molecule has 1 aliphatic heterocycles. The Kier molecular flexibility index (Phi) is 8.24. The van der Waals surface area contributed by atoms with Crippen molar-refractivity contribution in [3.05, 3.63) is 66.0 Å². The molecule has 0 aliphatic carbocycles. The molecule has 1 aliphatic rings. The van der Waals surface area contributed by atoms with Crippen molar-refractivity contribution in [2.75, 3.05) is 26.0 Å². The number of rotatable bonds is 9. The average molecular weight is 480 g/mol. The first-order valence-corrected chi connectivity index (χ1v) is 12.9. The van der Waals surface area contributed by atoms with Crippen molar-refractivity contribution < 1.29 is 9.53 Å². The number of thioether (sulfide) groups is 1. The van der Waals surface area contributed by atoms with Gasteiger partial charge in [-0.2, -0.15) is 0 Å². The second-order valence-electron chi connectivity index (χ2n) is 8.64. The molecule has 2 aromatic carbocycles. The normalized spacial score (nSPS) is 16.1. The molecule has 1 aromatic heterocycles. The van der Waals surface area contributed by atoms with E-state index in [1.54, 1.807) is 7.11 Å². The van der Waals surface area contributed by atoms with E-state index < -0.39 is 0 Å². The predicted octanol–water partition coefficient (Wildman–Crippen LogP) is 4.79. The van der Waals surface area contributed by atoms with Crippen LogP contribution in [0.25, 0.3) is 5.69 Å². The molecule has 34 heavy (non-hydrogen) atoms. The number of likely N-dealkylation sites (tertiary alicyclic amines) is 1. The van der Waals surface area contributed by atoms with Crippen molar-refractivity contribution in [2.45, 2.75) is 50.4 Å². The van der Waals surface area contributed by atoms with Crippen LogP contribution in [0.3, 0.4) is 0 Å². The zero-order valence-electron chi connectivity index (χ0n) is 20.1. The van der Waals surface area contributed by atoms with Crippen LogP contribution in [0.2, 0.25) is 0 Å². The quantitative estimate of drug-likeness (QED) is 0.445. The fourth-order valence-electron chi connectivity index (χ4n) is 4.33. The molecular formula is C26H33N5O2S. The van der Waals surface area contributed by atoms with Crippen molar-refractivity contribution in [3.63, 3.8) is 0 Å². The van der Waals surface area contributed by atoms with Gasteiger partial charge in [-0.15, -0.1) is 10.2 Å². The highest BCUT2D eigenvalue weighted by Gasteiger charge is 2.26. The standard InChI is InChI=1S/C26H33N5O2S/c1-19(21-10-6-4-7-11-21)27-24(32)18-34-26-29-28-25(20(2)30-16-8-5-9-17-30)31(26)22-12-14-23(33-3)15-13-22/h4,6-7,10-15,19-20H,5,8-9,16-18H2,1-3H3,(H,27,32)/t19-,20+/m0/s1. The van der Waals surface area contributed by atoms with E-state index in [1.165, 1.54) is 31.0 Å². The summed E-state index contributed by atoms with van der Waals surface area (Å²) in [5.74, 6) is 1.93. The van der Waals surface area contributed by atoms with Gasteiger partial charge in [0.2, 0.25) is 5.91 Å². The number of nitrogens with one attached hydrogen (secondary N) is 1. The SMILES string of the molecule is COc1ccc(-n2c(SCC(=O)N[C@@H](C)c3ccccc3)nnc2[C@@H](C)N2CCCCC2)cc1. The predicted molar refractivity (Wildman–Crippen MR) is 135 cm³/mol. The second kappa shape index (κ2) is 11.5. The Balaban J connectivity index is 1.52. The average Bonchev–Trinajstić information content (AvgIpc) is 3.32. The lowest BCUT2D eigenvalue weighted by atomic mass is 10.1. The molecule has 1 N–H and O–H groups in total. The Morgan fingerprint density at radius 2 is 1.74 bits per heavy atom. The molecule has 8 heteroatoms. The highest BCUT2D eigenvalue weighted by molar-refractivity contribution is 7.99. The van der Waals surface area contributed by atoms with Gasteiger partial charge >= 0.3 is 0 Å². The second-order valence-corrected chi connectivity index (χ2v) is 9.58. The number of methoxy groups -OCH3 is 1. The highest BCUT2D eigenvalue weighted by atomic mass is 32.2. The van der Waals surface area contributed by atoms with E-state index in [4.69, 9.17) is 4.74 Å². The Morgan fingerprint density at radius 1 is 1.03 bits per heavy atom. The minimum atomic E-state index is -0.0524. The van der Waals surface area contributed by atoms with Gasteiger partial charge in [0.15, 0.2) is 11.0 Å². The fourth-order valence-corrected chi connectivity index (χ4v) is 5.10. The smallest absolute Gasteiger partial charge is 0.230 e. The van der Waals surface area contributed by atoms with Gasteiger partial charge in [-0.25, -0.2) is 0 Å². The molecule has 0 unspecified atom stereocenters. The Morgan fingerprint density at radius 3 is 2.41 bits per heavy atom. The molecule has 4 rings (SSSR count). The van der Waals surface area contributed by atoms with Crippen LogP contribution >= 0.6 is 11.8 Å². The van der Waals surface area contributed by atoms with Crippen LogP contribution < -0.4 is 10.1 Å². The lowest BCUT2D eigenvalue weighted by molar-refractivity contribution is -0.119. The molecule has 1 amide bonds. The minimum absolute atomic E-state index is 0.0312. The first kappa shape index (κ1) is 24.3. The van der Waals surface area contributed by atoms with E-state index in [9.17, 15) is 4.79 Å². The molecule has 1 fully saturated rings. The van der Waals surface area contributed by atoms with Crippen molar-refractivity contribution in [1.29, 1.82) is 0 Å².